The molecule has 0 spiro atoms. The largest absolute Gasteiger partial charge is 0.733 e. The van der Waals surface area contributed by atoms with Crippen molar-refractivity contribution in [2.75, 3.05) is 11.8 Å². The zero-order chi connectivity index (χ0) is 30.4. The normalized spacial score (nSPS) is 36.1. The van der Waals surface area contributed by atoms with E-state index in [0.717, 1.165) is 56.7 Å². The molecule has 0 heterocycles. The molecule has 11 nitrogen and oxygen atoms in total. The molecular weight excluding hydrogens is 542 g/mol. The van der Waals surface area contributed by atoms with Crippen molar-refractivity contribution in [3.05, 3.63) is 46.7 Å². The molecule has 1 amide bonds. The Hall–Kier alpha value is -2.99. The first-order chi connectivity index (χ1) is 19.8. The number of carboxylic acids is 1. The molecule has 0 bridgehead atoms. The maximum atomic E-state index is 12.5. The molecule has 0 aliphatic heterocycles. The van der Waals surface area contributed by atoms with Crippen LogP contribution in [-0.2, 0) is 14.4 Å². The summed E-state index contributed by atoms with van der Waals surface area (Å²) in [7, 11) is 0. The van der Waals surface area contributed by atoms with Crippen molar-refractivity contribution >= 4 is 23.3 Å². The molecule has 0 unspecified atom stereocenters. The van der Waals surface area contributed by atoms with Crippen LogP contribution in [0.2, 0.25) is 0 Å². The maximum absolute atomic E-state index is 12.5. The average Bonchev–Trinajstić information content (AvgIpc) is 3.19. The van der Waals surface area contributed by atoms with Crippen molar-refractivity contribution in [1.82, 2.24) is 5.32 Å². The summed E-state index contributed by atoms with van der Waals surface area (Å²) in [4.78, 5) is 29.6. The highest BCUT2D eigenvalue weighted by atomic mass is 16.8. The van der Waals surface area contributed by atoms with Crippen molar-refractivity contribution in [3.8, 4) is 0 Å². The van der Waals surface area contributed by atoms with Gasteiger partial charge in [0.2, 0.25) is 0 Å². The van der Waals surface area contributed by atoms with E-state index >= 15 is 0 Å². The molecule has 4 aliphatic carbocycles. The fraction of sp³-hybridized carbons (Fsp3) is 0.645. The van der Waals surface area contributed by atoms with Crippen LogP contribution in [0, 0.1) is 33.8 Å². The number of allylic oxidation sites excluding steroid dienone is 2. The zero-order valence-electron chi connectivity index (χ0n) is 24.5. The van der Waals surface area contributed by atoms with Crippen LogP contribution in [0.15, 0.2) is 41.1 Å². The zero-order valence-corrected chi connectivity index (χ0v) is 24.5. The van der Waals surface area contributed by atoms with Gasteiger partial charge in [-0.3, -0.25) is 10.0 Å². The van der Waals surface area contributed by atoms with E-state index in [2.05, 4.69) is 30.4 Å². The molecule has 4 aliphatic rings. The fourth-order valence-corrected chi connectivity index (χ4v) is 8.57. The topological polar surface area (TPSA) is 175 Å². The number of hydrogen-bond donors (Lipinski definition) is 5. The van der Waals surface area contributed by atoms with Crippen LogP contribution in [0.1, 0.15) is 83.8 Å². The molecule has 42 heavy (non-hydrogen) atoms. The number of nitrogens with zero attached hydrogens (tertiary/aromatic N) is 2. The summed E-state index contributed by atoms with van der Waals surface area (Å²) in [6.45, 7) is 6.16. The molecule has 0 saturated heterocycles. The Kier molecular flexibility index (Phi) is 8.17. The molecule has 3 fully saturated rings. The van der Waals surface area contributed by atoms with E-state index in [1.54, 1.807) is 0 Å². The Morgan fingerprint density at radius 2 is 1.88 bits per heavy atom. The maximum Gasteiger partial charge on any atom is 0.329 e. The van der Waals surface area contributed by atoms with E-state index in [4.69, 9.17) is 10.0 Å². The molecule has 5 rings (SSSR count). The molecule has 230 valence electrons. The monoisotopic (exact) mass is 584 g/mol. The number of amides is 1. The van der Waals surface area contributed by atoms with Crippen molar-refractivity contribution in [1.29, 1.82) is 0 Å². The highest BCUT2D eigenvalue weighted by Gasteiger charge is 2.62. The lowest BCUT2D eigenvalue weighted by Gasteiger charge is -2.59. The van der Waals surface area contributed by atoms with Crippen molar-refractivity contribution < 1.29 is 35.0 Å². The molecule has 3 saturated carbocycles. The molecule has 5 N–H and O–H groups in total. The van der Waals surface area contributed by atoms with E-state index in [0.29, 0.717) is 24.2 Å². The van der Waals surface area contributed by atoms with Gasteiger partial charge in [0, 0.05) is 0 Å². The summed E-state index contributed by atoms with van der Waals surface area (Å²) in [5, 5.41) is 57.5. The number of carbonyl (C=O) groups is 2. The number of anilines is 1. The predicted octanol–water partition coefficient (Wildman–Crippen LogP) is 4.07. The molecule has 1 aromatic carbocycles. The van der Waals surface area contributed by atoms with Gasteiger partial charge in [-0.15, -0.1) is 0 Å². The summed E-state index contributed by atoms with van der Waals surface area (Å²) in [5.74, 6) is -0.518. The second kappa shape index (κ2) is 11.3. The Labute approximate surface area is 245 Å². The predicted molar refractivity (Wildman–Crippen MR) is 154 cm³/mol. The first kappa shape index (κ1) is 30.5. The lowest BCUT2D eigenvalue weighted by molar-refractivity contribution is -0.146. The number of aliphatic hydroxyl groups is 2. The third kappa shape index (κ3) is 5.32. The molecule has 0 aromatic heterocycles. The summed E-state index contributed by atoms with van der Waals surface area (Å²) >= 11 is 0. The number of aliphatic carboxylic acids is 1. The SMILES string of the molecule is C[C@]12CCC(=NOCC(=O)N[C@H](C(=O)O)[C@@H](O)c3cccc(N([O-])O)c3)C=C1CC[C@@H]1[C@H]3CC[C@](C)(O)[C@]3(C)CC[C@@H]12. The van der Waals surface area contributed by atoms with Gasteiger partial charge in [-0.1, -0.05) is 36.7 Å². The Balaban J connectivity index is 1.20. The van der Waals surface area contributed by atoms with Crippen LogP contribution >= 0.6 is 0 Å². The third-order valence-electron chi connectivity index (χ3n) is 11.2. The molecular formula is C31H42N3O8-. The van der Waals surface area contributed by atoms with Gasteiger partial charge in [-0.2, -0.15) is 0 Å². The van der Waals surface area contributed by atoms with Crippen LogP contribution in [0.3, 0.4) is 0 Å². The van der Waals surface area contributed by atoms with Crippen LogP contribution < -0.4 is 10.5 Å². The van der Waals surface area contributed by atoms with Gasteiger partial charge in [-0.25, -0.2) is 4.79 Å². The lowest BCUT2D eigenvalue weighted by Crippen LogP contribution is -2.53. The van der Waals surface area contributed by atoms with Crippen molar-refractivity contribution in [2.45, 2.75) is 89.9 Å². The number of fused-ring (bicyclic) bond motifs is 5. The standard InChI is InChI=1S/C31H42N3O8/c1-29-12-9-20(16-19(29)7-8-22-23(29)10-13-30(2)24(22)11-14-31(30,3)39)33-42-17-25(35)32-26(28(37)38)27(36)18-5-4-6-21(15-18)34(40)41/h4-6,15-16,22-24,26-27,36,39-40H,7-14,17H2,1-3H3,(H,32,35)(H,37,38)/q-1/t22-,23-,24+,26-,27-,29-,30+,31-/m0/s1. The van der Waals surface area contributed by atoms with Gasteiger partial charge >= 0.3 is 5.97 Å². The van der Waals surface area contributed by atoms with E-state index in [9.17, 15) is 30.1 Å². The number of aliphatic hydroxyl groups excluding tert-OH is 1. The molecule has 0 radical (unpaired) electrons. The molecule has 8 atom stereocenters. The van der Waals surface area contributed by atoms with Crippen LogP contribution in [0.25, 0.3) is 0 Å². The van der Waals surface area contributed by atoms with Gasteiger partial charge in [0.15, 0.2) is 12.6 Å². The average molecular weight is 585 g/mol. The number of carboxylic acid groups (broad SMARTS) is 1. The van der Waals surface area contributed by atoms with E-state index in [1.165, 1.54) is 23.8 Å². The van der Waals surface area contributed by atoms with Gasteiger partial charge in [-0.05, 0) is 111 Å². The third-order valence-corrected chi connectivity index (χ3v) is 11.2. The minimum Gasteiger partial charge on any atom is -0.733 e. The molecule has 11 heteroatoms. The second-order valence-corrected chi connectivity index (χ2v) is 13.3. The minimum atomic E-state index is -1.71. The van der Waals surface area contributed by atoms with Gasteiger partial charge in [0.05, 0.1) is 17.0 Å². The van der Waals surface area contributed by atoms with Crippen LogP contribution in [0.5, 0.6) is 0 Å². The number of rotatable bonds is 8. The first-order valence-corrected chi connectivity index (χ1v) is 14.9. The highest BCUT2D eigenvalue weighted by molar-refractivity contribution is 5.96. The molecule has 1 aromatic rings. The van der Waals surface area contributed by atoms with Gasteiger partial charge < -0.3 is 35.9 Å². The Bertz CT molecular complexity index is 1280. The minimum absolute atomic E-state index is 0.0152. The van der Waals surface area contributed by atoms with Gasteiger partial charge in [0.25, 0.3) is 5.91 Å². The van der Waals surface area contributed by atoms with Gasteiger partial charge in [0.1, 0.15) is 6.10 Å². The summed E-state index contributed by atoms with van der Waals surface area (Å²) in [6.07, 6.45) is 8.28. The second-order valence-electron chi connectivity index (χ2n) is 13.3. The van der Waals surface area contributed by atoms with Crippen LogP contribution in [-0.4, -0.2) is 56.4 Å². The summed E-state index contributed by atoms with van der Waals surface area (Å²) in [6, 6.07) is 3.45. The number of oxime groups is 1. The van der Waals surface area contributed by atoms with Crippen molar-refractivity contribution in [3.63, 3.8) is 0 Å². The Morgan fingerprint density at radius 3 is 2.60 bits per heavy atom. The number of nitrogens with one attached hydrogen (secondary N) is 1. The number of benzene rings is 1. The van der Waals surface area contributed by atoms with E-state index in [-0.39, 0.29) is 22.1 Å². The first-order valence-electron chi connectivity index (χ1n) is 14.9. The van der Waals surface area contributed by atoms with E-state index in [1.807, 2.05) is 6.92 Å². The van der Waals surface area contributed by atoms with Crippen LogP contribution in [0.4, 0.5) is 5.69 Å². The smallest absolute Gasteiger partial charge is 0.329 e. The lowest BCUT2D eigenvalue weighted by atomic mass is 9.46. The number of carbonyl (C=O) groups excluding carboxylic acids is 1. The highest BCUT2D eigenvalue weighted by Crippen LogP contribution is 2.67. The quantitative estimate of drug-likeness (QED) is 0.282. The van der Waals surface area contributed by atoms with Crippen molar-refractivity contribution in [2.24, 2.45) is 33.7 Å². The fourth-order valence-electron chi connectivity index (χ4n) is 8.57. The van der Waals surface area contributed by atoms with E-state index < -0.39 is 41.5 Å². The number of hydrogen-bond acceptors (Lipinski definition) is 9. The Morgan fingerprint density at radius 1 is 1.14 bits per heavy atom. The summed E-state index contributed by atoms with van der Waals surface area (Å²) < 4.78 is 0. The summed E-state index contributed by atoms with van der Waals surface area (Å²) in [5.41, 5.74) is 1.42.